The Bertz CT molecular complexity index is 627. The van der Waals surface area contributed by atoms with Crippen molar-refractivity contribution in [2.75, 3.05) is 25.0 Å². The van der Waals surface area contributed by atoms with Gasteiger partial charge in [0.15, 0.2) is 0 Å². The molecule has 2 N–H and O–H groups in total. The van der Waals surface area contributed by atoms with Gasteiger partial charge in [-0.25, -0.2) is 0 Å². The van der Waals surface area contributed by atoms with E-state index in [1.54, 1.807) is 0 Å². The molecule has 0 heterocycles. The van der Waals surface area contributed by atoms with Gasteiger partial charge in [0.25, 0.3) is 0 Å². The average molecular weight is 347 g/mol. The van der Waals surface area contributed by atoms with Gasteiger partial charge in [0.1, 0.15) is 5.75 Å². The van der Waals surface area contributed by atoms with E-state index in [4.69, 9.17) is 16.3 Å². The summed E-state index contributed by atoms with van der Waals surface area (Å²) in [5.74, 6) is 0.894. The van der Waals surface area contributed by atoms with E-state index < -0.39 is 0 Å². The molecule has 0 spiro atoms. The zero-order valence-corrected chi connectivity index (χ0v) is 14.6. The van der Waals surface area contributed by atoms with E-state index in [9.17, 15) is 4.79 Å². The molecule has 0 aliphatic heterocycles. The lowest BCUT2D eigenvalue weighted by Crippen LogP contribution is -2.27. The van der Waals surface area contributed by atoms with Crippen LogP contribution in [0.5, 0.6) is 5.75 Å². The van der Waals surface area contributed by atoms with Crippen molar-refractivity contribution >= 4 is 23.2 Å². The second-order valence-electron chi connectivity index (χ2n) is 5.36. The van der Waals surface area contributed by atoms with Crippen molar-refractivity contribution in [3.05, 3.63) is 59.1 Å². The molecule has 0 unspecified atom stereocenters. The van der Waals surface area contributed by atoms with E-state index in [-0.39, 0.29) is 5.91 Å². The first-order valence-electron chi connectivity index (χ1n) is 8.15. The minimum absolute atomic E-state index is 0.0439. The smallest absolute Gasteiger partial charge is 0.221 e. The second-order valence-corrected chi connectivity index (χ2v) is 5.80. The largest absolute Gasteiger partial charge is 0.494 e. The van der Waals surface area contributed by atoms with Crippen LogP contribution in [0.1, 0.15) is 18.9 Å². The van der Waals surface area contributed by atoms with E-state index in [2.05, 4.69) is 10.6 Å². The first-order valence-corrected chi connectivity index (χ1v) is 8.53. The number of carbonyl (C=O) groups is 1. The fourth-order valence-corrected chi connectivity index (χ4v) is 2.37. The fraction of sp³-hybridized carbons (Fsp3) is 0.316. The van der Waals surface area contributed by atoms with Gasteiger partial charge in [-0.1, -0.05) is 23.7 Å². The Labute approximate surface area is 148 Å². The summed E-state index contributed by atoms with van der Waals surface area (Å²) >= 11 is 5.84. The number of amides is 1. The maximum absolute atomic E-state index is 11.8. The third kappa shape index (κ3) is 6.50. The molecule has 0 saturated carbocycles. The Kier molecular flexibility index (Phi) is 7.43. The van der Waals surface area contributed by atoms with E-state index in [0.717, 1.165) is 28.4 Å². The summed E-state index contributed by atoms with van der Waals surface area (Å²) in [5.41, 5.74) is 2.14. The van der Waals surface area contributed by atoms with Crippen LogP contribution in [0.3, 0.4) is 0 Å². The summed E-state index contributed by atoms with van der Waals surface area (Å²) < 4.78 is 5.39. The van der Waals surface area contributed by atoms with Crippen LogP contribution >= 0.6 is 11.6 Å². The van der Waals surface area contributed by atoms with E-state index in [1.165, 1.54) is 0 Å². The molecule has 4 nitrogen and oxygen atoms in total. The van der Waals surface area contributed by atoms with E-state index in [0.29, 0.717) is 26.1 Å². The van der Waals surface area contributed by atoms with Gasteiger partial charge in [-0.15, -0.1) is 0 Å². The van der Waals surface area contributed by atoms with Crippen molar-refractivity contribution in [3.63, 3.8) is 0 Å². The molecule has 0 aliphatic rings. The molecular formula is C19H23ClN2O2. The number of halogens is 1. The third-order valence-electron chi connectivity index (χ3n) is 3.50. The summed E-state index contributed by atoms with van der Waals surface area (Å²) in [5, 5.41) is 6.88. The highest BCUT2D eigenvalue weighted by Gasteiger charge is 2.01. The predicted octanol–water partition coefficient (Wildman–Crippen LogP) is 3.90. The molecule has 128 valence electrons. The SMILES string of the molecule is CCOc1ccc(NCCC(=O)NCCc2ccc(Cl)cc2)cc1. The Morgan fingerprint density at radius 2 is 1.75 bits per heavy atom. The van der Waals surface area contributed by atoms with Crippen molar-refractivity contribution in [1.29, 1.82) is 0 Å². The molecule has 2 aromatic carbocycles. The van der Waals surface area contributed by atoms with Crippen molar-refractivity contribution < 1.29 is 9.53 Å². The van der Waals surface area contributed by atoms with E-state index >= 15 is 0 Å². The Balaban J connectivity index is 1.61. The van der Waals surface area contributed by atoms with Gasteiger partial charge in [0.05, 0.1) is 6.61 Å². The number of ether oxygens (including phenoxy) is 1. The summed E-state index contributed by atoms with van der Waals surface area (Å²) in [4.78, 5) is 11.8. The highest BCUT2D eigenvalue weighted by Crippen LogP contribution is 2.15. The minimum Gasteiger partial charge on any atom is -0.494 e. The van der Waals surface area contributed by atoms with Crippen LogP contribution in [-0.4, -0.2) is 25.6 Å². The maximum Gasteiger partial charge on any atom is 0.221 e. The van der Waals surface area contributed by atoms with E-state index in [1.807, 2.05) is 55.5 Å². The van der Waals surface area contributed by atoms with Gasteiger partial charge in [0, 0.05) is 30.2 Å². The molecule has 24 heavy (non-hydrogen) atoms. The van der Waals surface area contributed by atoms with Gasteiger partial charge in [0.2, 0.25) is 5.91 Å². The van der Waals surface area contributed by atoms with Crippen LogP contribution in [0.4, 0.5) is 5.69 Å². The molecule has 0 atom stereocenters. The van der Waals surface area contributed by atoms with Gasteiger partial charge < -0.3 is 15.4 Å². The van der Waals surface area contributed by atoms with Crippen molar-refractivity contribution in [2.24, 2.45) is 0 Å². The molecular weight excluding hydrogens is 324 g/mol. The zero-order valence-electron chi connectivity index (χ0n) is 13.8. The standard InChI is InChI=1S/C19H23ClN2O2/c1-2-24-18-9-7-17(8-10-18)21-14-12-19(23)22-13-11-15-3-5-16(20)6-4-15/h3-10,21H,2,11-14H2,1H3,(H,22,23). The van der Waals surface area contributed by atoms with Crippen molar-refractivity contribution in [1.82, 2.24) is 5.32 Å². The maximum atomic E-state index is 11.8. The lowest BCUT2D eigenvalue weighted by molar-refractivity contribution is -0.120. The first kappa shape index (κ1) is 18.1. The number of rotatable bonds is 9. The summed E-state index contributed by atoms with van der Waals surface area (Å²) in [6, 6.07) is 15.4. The first-order chi connectivity index (χ1) is 11.7. The summed E-state index contributed by atoms with van der Waals surface area (Å²) in [6.07, 6.45) is 1.24. The number of carbonyl (C=O) groups excluding carboxylic acids is 1. The van der Waals surface area contributed by atoms with Crippen LogP contribution < -0.4 is 15.4 Å². The quantitative estimate of drug-likeness (QED) is 0.724. The third-order valence-corrected chi connectivity index (χ3v) is 3.75. The lowest BCUT2D eigenvalue weighted by Gasteiger charge is -2.09. The lowest BCUT2D eigenvalue weighted by atomic mass is 10.1. The van der Waals surface area contributed by atoms with Crippen LogP contribution in [0.25, 0.3) is 0 Å². The molecule has 5 heteroatoms. The molecule has 1 amide bonds. The number of nitrogens with one attached hydrogen (secondary N) is 2. The van der Waals surface area contributed by atoms with Gasteiger partial charge in [-0.3, -0.25) is 4.79 Å². The van der Waals surface area contributed by atoms with Crippen molar-refractivity contribution in [2.45, 2.75) is 19.8 Å². The highest BCUT2D eigenvalue weighted by molar-refractivity contribution is 6.30. The molecule has 0 radical (unpaired) electrons. The van der Waals surface area contributed by atoms with Gasteiger partial charge in [-0.2, -0.15) is 0 Å². The average Bonchev–Trinajstić information content (AvgIpc) is 2.58. The monoisotopic (exact) mass is 346 g/mol. The molecule has 0 bridgehead atoms. The fourth-order valence-electron chi connectivity index (χ4n) is 2.24. The molecule has 0 aliphatic carbocycles. The molecule has 0 fully saturated rings. The van der Waals surface area contributed by atoms with Crippen LogP contribution in [0, 0.1) is 0 Å². The number of hydrogen-bond acceptors (Lipinski definition) is 3. The minimum atomic E-state index is 0.0439. The zero-order chi connectivity index (χ0) is 17.2. The number of benzene rings is 2. The topological polar surface area (TPSA) is 50.4 Å². The highest BCUT2D eigenvalue weighted by atomic mass is 35.5. The van der Waals surface area contributed by atoms with Crippen LogP contribution in [0.2, 0.25) is 5.02 Å². The predicted molar refractivity (Wildman–Crippen MR) is 98.9 cm³/mol. The Hall–Kier alpha value is -2.20. The summed E-state index contributed by atoms with van der Waals surface area (Å²) in [7, 11) is 0. The summed E-state index contributed by atoms with van der Waals surface area (Å²) in [6.45, 7) is 3.84. The van der Waals surface area contributed by atoms with Gasteiger partial charge in [-0.05, 0) is 55.3 Å². The molecule has 2 aromatic rings. The van der Waals surface area contributed by atoms with Gasteiger partial charge >= 0.3 is 0 Å². The van der Waals surface area contributed by atoms with Crippen LogP contribution in [-0.2, 0) is 11.2 Å². The Morgan fingerprint density at radius 1 is 1.04 bits per heavy atom. The molecule has 0 aromatic heterocycles. The normalized spacial score (nSPS) is 10.2. The second kappa shape index (κ2) is 9.83. The number of hydrogen-bond donors (Lipinski definition) is 2. The Morgan fingerprint density at radius 3 is 2.42 bits per heavy atom. The van der Waals surface area contributed by atoms with Crippen LogP contribution in [0.15, 0.2) is 48.5 Å². The van der Waals surface area contributed by atoms with Crippen molar-refractivity contribution in [3.8, 4) is 5.75 Å². The molecule has 0 saturated heterocycles. The number of anilines is 1. The molecule has 2 rings (SSSR count).